The third-order valence-electron chi connectivity index (χ3n) is 3.76. The Bertz CT molecular complexity index is 864. The first-order valence-corrected chi connectivity index (χ1v) is 8.19. The SMILES string of the molecule is COc1ccccc1Nc1nc(C)cc(NCc2cccc(C)c2)n1. The topological polar surface area (TPSA) is 59.1 Å². The number of benzene rings is 2. The molecule has 0 aliphatic rings. The summed E-state index contributed by atoms with van der Waals surface area (Å²) in [6.07, 6.45) is 0. The third-order valence-corrected chi connectivity index (χ3v) is 3.76. The fraction of sp³-hybridized carbons (Fsp3) is 0.200. The van der Waals surface area contributed by atoms with Crippen LogP contribution in [-0.2, 0) is 6.54 Å². The Morgan fingerprint density at radius 3 is 2.60 bits per heavy atom. The van der Waals surface area contributed by atoms with Crippen molar-refractivity contribution in [3.63, 3.8) is 0 Å². The molecule has 0 aliphatic heterocycles. The number of nitrogens with zero attached hydrogens (tertiary/aromatic N) is 2. The van der Waals surface area contributed by atoms with E-state index in [1.165, 1.54) is 11.1 Å². The van der Waals surface area contributed by atoms with Gasteiger partial charge in [0.2, 0.25) is 5.95 Å². The van der Waals surface area contributed by atoms with Crippen molar-refractivity contribution in [2.24, 2.45) is 0 Å². The van der Waals surface area contributed by atoms with Crippen LogP contribution in [0.15, 0.2) is 54.6 Å². The first-order chi connectivity index (χ1) is 12.1. The van der Waals surface area contributed by atoms with E-state index in [9.17, 15) is 0 Å². The molecule has 0 spiro atoms. The molecule has 3 rings (SSSR count). The zero-order chi connectivity index (χ0) is 17.6. The standard InChI is InChI=1S/C20H22N4O/c1-14-7-6-8-16(11-14)13-21-19-12-15(2)22-20(24-19)23-17-9-4-5-10-18(17)25-3/h4-12H,13H2,1-3H3,(H2,21,22,23,24). The van der Waals surface area contributed by atoms with Crippen LogP contribution in [0.4, 0.5) is 17.5 Å². The molecular weight excluding hydrogens is 312 g/mol. The Morgan fingerprint density at radius 2 is 1.80 bits per heavy atom. The number of nitrogens with one attached hydrogen (secondary N) is 2. The Labute approximate surface area is 148 Å². The van der Waals surface area contributed by atoms with Gasteiger partial charge in [-0.3, -0.25) is 0 Å². The Morgan fingerprint density at radius 1 is 0.960 bits per heavy atom. The molecule has 3 aromatic rings. The van der Waals surface area contributed by atoms with Gasteiger partial charge in [0.15, 0.2) is 0 Å². The monoisotopic (exact) mass is 334 g/mol. The summed E-state index contributed by atoms with van der Waals surface area (Å²) in [5, 5.41) is 6.59. The molecule has 0 saturated heterocycles. The van der Waals surface area contributed by atoms with Crippen molar-refractivity contribution in [1.29, 1.82) is 0 Å². The lowest BCUT2D eigenvalue weighted by Gasteiger charge is -2.12. The summed E-state index contributed by atoms with van der Waals surface area (Å²) in [6, 6.07) is 18.0. The number of hydrogen-bond donors (Lipinski definition) is 2. The number of anilines is 3. The minimum atomic E-state index is 0.538. The number of hydrogen-bond acceptors (Lipinski definition) is 5. The summed E-state index contributed by atoms with van der Waals surface area (Å²) in [4.78, 5) is 9.01. The number of para-hydroxylation sites is 2. The molecular formula is C20H22N4O. The third kappa shape index (κ3) is 4.47. The molecule has 1 heterocycles. The average Bonchev–Trinajstić information content (AvgIpc) is 2.60. The first-order valence-electron chi connectivity index (χ1n) is 8.19. The maximum Gasteiger partial charge on any atom is 0.229 e. The minimum absolute atomic E-state index is 0.538. The molecule has 128 valence electrons. The molecule has 2 N–H and O–H groups in total. The van der Waals surface area contributed by atoms with Crippen LogP contribution < -0.4 is 15.4 Å². The van der Waals surface area contributed by atoms with Crippen molar-refractivity contribution in [2.75, 3.05) is 17.7 Å². The van der Waals surface area contributed by atoms with Crippen molar-refractivity contribution in [1.82, 2.24) is 9.97 Å². The second-order valence-electron chi connectivity index (χ2n) is 5.89. The van der Waals surface area contributed by atoms with Crippen molar-refractivity contribution < 1.29 is 4.74 Å². The fourth-order valence-corrected chi connectivity index (χ4v) is 2.60. The summed E-state index contributed by atoms with van der Waals surface area (Å²) in [5.74, 6) is 2.07. The number of rotatable bonds is 6. The van der Waals surface area contributed by atoms with Crippen LogP contribution in [-0.4, -0.2) is 17.1 Å². The summed E-state index contributed by atoms with van der Waals surface area (Å²) in [5.41, 5.74) is 4.19. The van der Waals surface area contributed by atoms with Crippen LogP contribution in [0.3, 0.4) is 0 Å². The van der Waals surface area contributed by atoms with E-state index < -0.39 is 0 Å². The molecule has 0 radical (unpaired) electrons. The van der Waals surface area contributed by atoms with Crippen LogP contribution in [0.5, 0.6) is 5.75 Å². The van der Waals surface area contributed by atoms with Crippen LogP contribution in [0.25, 0.3) is 0 Å². The maximum atomic E-state index is 5.36. The highest BCUT2D eigenvalue weighted by atomic mass is 16.5. The van der Waals surface area contributed by atoms with Crippen molar-refractivity contribution in [3.8, 4) is 5.75 Å². The van der Waals surface area contributed by atoms with Crippen LogP contribution >= 0.6 is 0 Å². The molecule has 0 unspecified atom stereocenters. The van der Waals surface area contributed by atoms with E-state index in [2.05, 4.69) is 51.8 Å². The lowest BCUT2D eigenvalue weighted by atomic mass is 10.1. The lowest BCUT2D eigenvalue weighted by molar-refractivity contribution is 0.417. The van der Waals surface area contributed by atoms with Gasteiger partial charge in [-0.2, -0.15) is 4.98 Å². The minimum Gasteiger partial charge on any atom is -0.495 e. The highest BCUT2D eigenvalue weighted by molar-refractivity contribution is 5.63. The summed E-state index contributed by atoms with van der Waals surface area (Å²) >= 11 is 0. The summed E-state index contributed by atoms with van der Waals surface area (Å²) < 4.78 is 5.36. The van der Waals surface area contributed by atoms with Crippen LogP contribution in [0, 0.1) is 13.8 Å². The Balaban J connectivity index is 1.76. The van der Waals surface area contributed by atoms with Gasteiger partial charge in [-0.1, -0.05) is 42.0 Å². The number of aromatic nitrogens is 2. The van der Waals surface area contributed by atoms with Gasteiger partial charge in [-0.15, -0.1) is 0 Å². The van der Waals surface area contributed by atoms with Crippen molar-refractivity contribution >= 4 is 17.5 Å². The molecule has 1 aromatic heterocycles. The van der Waals surface area contributed by atoms with E-state index in [-0.39, 0.29) is 0 Å². The molecule has 0 saturated carbocycles. The molecule has 2 aromatic carbocycles. The lowest BCUT2D eigenvalue weighted by Crippen LogP contribution is -2.06. The van der Waals surface area contributed by atoms with Crippen molar-refractivity contribution in [2.45, 2.75) is 20.4 Å². The summed E-state index contributed by atoms with van der Waals surface area (Å²) in [6.45, 7) is 4.76. The first kappa shape index (κ1) is 16.8. The van der Waals surface area contributed by atoms with E-state index >= 15 is 0 Å². The van der Waals surface area contributed by atoms with Gasteiger partial charge in [-0.25, -0.2) is 4.98 Å². The number of aryl methyl sites for hydroxylation is 2. The number of ether oxygens (including phenoxy) is 1. The predicted molar refractivity (Wildman–Crippen MR) is 102 cm³/mol. The van der Waals surface area contributed by atoms with Gasteiger partial charge in [0.1, 0.15) is 11.6 Å². The van der Waals surface area contributed by atoms with Gasteiger partial charge in [0.25, 0.3) is 0 Å². The Hall–Kier alpha value is -3.08. The zero-order valence-corrected chi connectivity index (χ0v) is 14.7. The molecule has 0 bridgehead atoms. The molecule has 0 atom stereocenters. The molecule has 0 amide bonds. The van der Waals surface area contributed by atoms with Gasteiger partial charge in [0, 0.05) is 18.3 Å². The van der Waals surface area contributed by atoms with Crippen LogP contribution in [0.2, 0.25) is 0 Å². The smallest absolute Gasteiger partial charge is 0.229 e. The fourth-order valence-electron chi connectivity index (χ4n) is 2.60. The highest BCUT2D eigenvalue weighted by Crippen LogP contribution is 2.26. The largest absolute Gasteiger partial charge is 0.495 e. The molecule has 0 aliphatic carbocycles. The van der Waals surface area contributed by atoms with Gasteiger partial charge >= 0.3 is 0 Å². The molecule has 25 heavy (non-hydrogen) atoms. The molecule has 5 nitrogen and oxygen atoms in total. The molecule has 5 heteroatoms. The van der Waals surface area contributed by atoms with Crippen molar-refractivity contribution in [3.05, 3.63) is 71.4 Å². The van der Waals surface area contributed by atoms with Crippen LogP contribution in [0.1, 0.15) is 16.8 Å². The zero-order valence-electron chi connectivity index (χ0n) is 14.7. The van der Waals surface area contributed by atoms with E-state index in [4.69, 9.17) is 4.74 Å². The second kappa shape index (κ2) is 7.66. The van der Waals surface area contributed by atoms with Gasteiger partial charge < -0.3 is 15.4 Å². The predicted octanol–water partition coefficient (Wildman–Crippen LogP) is 4.46. The quantitative estimate of drug-likeness (QED) is 0.697. The maximum absolute atomic E-state index is 5.36. The normalized spacial score (nSPS) is 10.4. The van der Waals surface area contributed by atoms with E-state index in [0.717, 1.165) is 22.9 Å². The van der Waals surface area contributed by atoms with E-state index in [0.29, 0.717) is 12.5 Å². The Kier molecular flexibility index (Phi) is 5.14. The van der Waals surface area contributed by atoms with Gasteiger partial charge in [0.05, 0.1) is 12.8 Å². The number of methoxy groups -OCH3 is 1. The average molecular weight is 334 g/mol. The molecule has 0 fully saturated rings. The highest BCUT2D eigenvalue weighted by Gasteiger charge is 2.06. The summed E-state index contributed by atoms with van der Waals surface area (Å²) in [7, 11) is 1.65. The van der Waals surface area contributed by atoms with E-state index in [1.807, 2.05) is 37.3 Å². The van der Waals surface area contributed by atoms with Gasteiger partial charge in [-0.05, 0) is 31.5 Å². The van der Waals surface area contributed by atoms with E-state index in [1.54, 1.807) is 7.11 Å². The second-order valence-corrected chi connectivity index (χ2v) is 5.89.